The summed E-state index contributed by atoms with van der Waals surface area (Å²) < 4.78 is 2.51. The molecule has 0 aliphatic heterocycles. The summed E-state index contributed by atoms with van der Waals surface area (Å²) in [4.78, 5) is 0. The molecule has 12 heavy (non-hydrogen) atoms. The number of aryl methyl sites for hydroxylation is 1. The number of nitrogens with zero attached hydrogens (tertiary/aromatic N) is 1. The van der Waals surface area contributed by atoms with Crippen LogP contribution in [0, 0.1) is 11.6 Å². The molecule has 0 radical (unpaired) electrons. The van der Waals surface area contributed by atoms with Gasteiger partial charge in [-0.05, 0) is 6.92 Å². The fraction of sp³-hybridized carbons (Fsp3) is 0.625. The third-order valence-corrected chi connectivity index (χ3v) is 1.89. The number of H-pyrrole nitrogens is 1. The highest BCUT2D eigenvalue weighted by Gasteiger charge is 1.94. The lowest BCUT2D eigenvalue weighted by Crippen LogP contribution is -2.03. The predicted molar refractivity (Wildman–Crippen MR) is 52.8 cm³/mol. The van der Waals surface area contributed by atoms with E-state index in [1.165, 1.54) is 0 Å². The minimum Gasteiger partial charge on any atom is -0.394 e. The highest BCUT2D eigenvalue weighted by Crippen LogP contribution is 1.98. The van der Waals surface area contributed by atoms with Crippen LogP contribution in [-0.4, -0.2) is 21.5 Å². The SMILES string of the molecule is CC.Cc1c[nH]n(CCO)c1=S. The van der Waals surface area contributed by atoms with Gasteiger partial charge in [0.05, 0.1) is 13.2 Å². The van der Waals surface area contributed by atoms with E-state index in [4.69, 9.17) is 17.3 Å². The van der Waals surface area contributed by atoms with Crippen LogP contribution in [0.5, 0.6) is 0 Å². The number of aromatic amines is 1. The second kappa shape index (κ2) is 5.97. The van der Waals surface area contributed by atoms with Gasteiger partial charge in [0.15, 0.2) is 0 Å². The molecule has 0 spiro atoms. The molecule has 1 aromatic heterocycles. The van der Waals surface area contributed by atoms with Crippen LogP contribution in [0.15, 0.2) is 6.20 Å². The Hall–Kier alpha value is -0.610. The second-order valence-electron chi connectivity index (χ2n) is 2.14. The van der Waals surface area contributed by atoms with E-state index in [-0.39, 0.29) is 6.61 Å². The van der Waals surface area contributed by atoms with Crippen molar-refractivity contribution in [3.05, 3.63) is 16.4 Å². The Kier molecular flexibility index (Phi) is 5.66. The molecule has 0 saturated heterocycles. The van der Waals surface area contributed by atoms with Gasteiger partial charge >= 0.3 is 0 Å². The molecule has 1 heterocycles. The highest BCUT2D eigenvalue weighted by atomic mass is 32.1. The molecule has 4 heteroatoms. The van der Waals surface area contributed by atoms with Crippen LogP contribution in [0.25, 0.3) is 0 Å². The Morgan fingerprint density at radius 3 is 2.50 bits per heavy atom. The first-order valence-electron chi connectivity index (χ1n) is 4.11. The Balaban J connectivity index is 0.000000561. The van der Waals surface area contributed by atoms with Gasteiger partial charge in [-0.2, -0.15) is 0 Å². The van der Waals surface area contributed by atoms with Crippen LogP contribution in [0.4, 0.5) is 0 Å². The molecule has 0 saturated carbocycles. The van der Waals surface area contributed by atoms with Gasteiger partial charge in [0.25, 0.3) is 0 Å². The fourth-order valence-electron chi connectivity index (χ4n) is 0.774. The second-order valence-corrected chi connectivity index (χ2v) is 2.52. The molecule has 2 N–H and O–H groups in total. The van der Waals surface area contributed by atoms with Crippen LogP contribution in [0.2, 0.25) is 0 Å². The molecular formula is C8H16N2OS. The van der Waals surface area contributed by atoms with E-state index in [1.54, 1.807) is 4.68 Å². The number of aliphatic hydroxyl groups excluding tert-OH is 1. The maximum atomic E-state index is 8.57. The van der Waals surface area contributed by atoms with Crippen molar-refractivity contribution in [2.75, 3.05) is 6.61 Å². The smallest absolute Gasteiger partial charge is 0.124 e. The van der Waals surface area contributed by atoms with Gasteiger partial charge in [0.2, 0.25) is 0 Å². The maximum absolute atomic E-state index is 8.57. The molecule has 70 valence electrons. The lowest BCUT2D eigenvalue weighted by Gasteiger charge is -1.96. The number of aromatic nitrogens is 2. The molecule has 0 aliphatic carbocycles. The molecule has 1 rings (SSSR count). The summed E-state index contributed by atoms with van der Waals surface area (Å²) in [6.45, 7) is 6.60. The molecule has 0 fully saturated rings. The van der Waals surface area contributed by atoms with Crippen LogP contribution >= 0.6 is 12.2 Å². The molecule has 1 aromatic rings. The van der Waals surface area contributed by atoms with E-state index in [2.05, 4.69) is 5.10 Å². The average Bonchev–Trinajstić information content (AvgIpc) is 2.41. The summed E-state index contributed by atoms with van der Waals surface area (Å²) in [6.07, 6.45) is 1.83. The van der Waals surface area contributed by atoms with Crippen molar-refractivity contribution in [3.63, 3.8) is 0 Å². The topological polar surface area (TPSA) is 41.0 Å². The van der Waals surface area contributed by atoms with Crippen molar-refractivity contribution >= 4 is 12.2 Å². The number of rotatable bonds is 2. The molecule has 3 nitrogen and oxygen atoms in total. The monoisotopic (exact) mass is 188 g/mol. The van der Waals surface area contributed by atoms with Crippen molar-refractivity contribution < 1.29 is 5.11 Å². The molecule has 0 unspecified atom stereocenters. The first-order chi connectivity index (χ1) is 5.75. The number of aliphatic hydroxyl groups is 1. The summed E-state index contributed by atoms with van der Waals surface area (Å²) in [7, 11) is 0. The van der Waals surface area contributed by atoms with Crippen molar-refractivity contribution in [1.29, 1.82) is 0 Å². The Bertz CT molecular complexity index is 264. The maximum Gasteiger partial charge on any atom is 0.124 e. The quantitative estimate of drug-likeness (QED) is 0.696. The number of nitrogens with one attached hydrogen (secondary N) is 1. The molecule has 0 aliphatic rings. The average molecular weight is 188 g/mol. The van der Waals surface area contributed by atoms with E-state index in [9.17, 15) is 0 Å². The van der Waals surface area contributed by atoms with Gasteiger partial charge in [-0.1, -0.05) is 26.1 Å². The van der Waals surface area contributed by atoms with Crippen molar-refractivity contribution in [2.24, 2.45) is 0 Å². The third kappa shape index (κ3) is 2.79. The van der Waals surface area contributed by atoms with Crippen LogP contribution < -0.4 is 0 Å². The number of hydrogen-bond acceptors (Lipinski definition) is 2. The van der Waals surface area contributed by atoms with Crippen LogP contribution in [0.1, 0.15) is 19.4 Å². The van der Waals surface area contributed by atoms with Gasteiger partial charge < -0.3 is 10.2 Å². The zero-order valence-electron chi connectivity index (χ0n) is 7.79. The van der Waals surface area contributed by atoms with Crippen LogP contribution in [-0.2, 0) is 6.54 Å². The standard InChI is InChI=1S/C6H10N2OS.C2H6/c1-5-4-7-8(2-3-9)6(5)10;1-2/h4,7,9H,2-3H2,1H3;1-2H3. The summed E-state index contributed by atoms with van der Waals surface area (Å²) in [5.74, 6) is 0. The van der Waals surface area contributed by atoms with Gasteiger partial charge in [0.1, 0.15) is 4.64 Å². The highest BCUT2D eigenvalue weighted by molar-refractivity contribution is 7.71. The summed E-state index contributed by atoms with van der Waals surface area (Å²) in [5.41, 5.74) is 1.04. The van der Waals surface area contributed by atoms with E-state index < -0.39 is 0 Å². The van der Waals surface area contributed by atoms with E-state index in [0.29, 0.717) is 6.54 Å². The van der Waals surface area contributed by atoms with Gasteiger partial charge in [-0.3, -0.25) is 4.68 Å². The molecular weight excluding hydrogens is 172 g/mol. The van der Waals surface area contributed by atoms with Crippen molar-refractivity contribution in [3.8, 4) is 0 Å². The third-order valence-electron chi connectivity index (χ3n) is 1.34. The Morgan fingerprint density at radius 2 is 2.17 bits per heavy atom. The first kappa shape index (κ1) is 11.4. The normalized spacial score (nSPS) is 9.00. The minimum atomic E-state index is 0.119. The lowest BCUT2D eigenvalue weighted by molar-refractivity contribution is 0.268. The van der Waals surface area contributed by atoms with Gasteiger partial charge in [-0.25, -0.2) is 0 Å². The first-order valence-corrected chi connectivity index (χ1v) is 4.52. The summed E-state index contributed by atoms with van der Waals surface area (Å²) in [5, 5.41) is 11.5. The van der Waals surface area contributed by atoms with Crippen molar-refractivity contribution in [2.45, 2.75) is 27.3 Å². The Labute approximate surface area is 78.0 Å². The van der Waals surface area contributed by atoms with Gasteiger partial charge in [-0.15, -0.1) is 0 Å². The lowest BCUT2D eigenvalue weighted by atomic mass is 10.4. The minimum absolute atomic E-state index is 0.119. The van der Waals surface area contributed by atoms with E-state index in [0.717, 1.165) is 10.2 Å². The zero-order chi connectivity index (χ0) is 9.56. The fourth-order valence-corrected chi connectivity index (χ4v) is 0.977. The molecule has 0 atom stereocenters. The van der Waals surface area contributed by atoms with E-state index >= 15 is 0 Å². The molecule has 0 amide bonds. The van der Waals surface area contributed by atoms with Crippen molar-refractivity contribution in [1.82, 2.24) is 9.78 Å². The molecule has 0 aromatic carbocycles. The van der Waals surface area contributed by atoms with E-state index in [1.807, 2.05) is 27.0 Å². The van der Waals surface area contributed by atoms with Gasteiger partial charge in [0, 0.05) is 11.8 Å². The van der Waals surface area contributed by atoms with Crippen LogP contribution in [0.3, 0.4) is 0 Å². The largest absolute Gasteiger partial charge is 0.394 e. The number of hydrogen-bond donors (Lipinski definition) is 2. The molecule has 0 bridgehead atoms. The zero-order valence-corrected chi connectivity index (χ0v) is 8.61. The Morgan fingerprint density at radius 1 is 1.58 bits per heavy atom. The summed E-state index contributed by atoms with van der Waals surface area (Å²) in [6, 6.07) is 0. The predicted octanol–water partition coefficient (Wildman–Crippen LogP) is 1.87. The summed E-state index contributed by atoms with van der Waals surface area (Å²) >= 11 is 5.01.